The normalized spacial score (nSPS) is 15.3. The van der Waals surface area contributed by atoms with Gasteiger partial charge in [-0.25, -0.2) is 5.10 Å². The van der Waals surface area contributed by atoms with Crippen LogP contribution in [0.15, 0.2) is 23.0 Å². The number of phenols is 1. The number of nitrogens with one attached hydrogen (secondary N) is 2. The van der Waals surface area contributed by atoms with Crippen LogP contribution in [0.1, 0.15) is 22.9 Å². The van der Waals surface area contributed by atoms with Crippen LogP contribution in [0.4, 0.5) is 11.6 Å². The maximum atomic E-state index is 12.2. The van der Waals surface area contributed by atoms with E-state index < -0.39 is 6.04 Å². The SMILES string of the molecule is COc1cc([C@@H]2c3c(C)n[nH]c(=O)c3Nc3nnnn32)ccc1O. The molecule has 1 atom stereocenters. The predicted octanol–water partition coefficient (Wildman–Crippen LogP) is 0.474. The summed E-state index contributed by atoms with van der Waals surface area (Å²) in [6, 6.07) is 4.45. The van der Waals surface area contributed by atoms with Crippen molar-refractivity contribution in [2.24, 2.45) is 0 Å². The number of hydrogen-bond donors (Lipinski definition) is 3. The molecule has 10 nitrogen and oxygen atoms in total. The lowest BCUT2D eigenvalue weighted by molar-refractivity contribution is 0.372. The number of phenolic OH excluding ortho intramolecular Hbond substituents is 1. The number of aryl methyl sites for hydroxylation is 1. The molecule has 3 heterocycles. The largest absolute Gasteiger partial charge is 0.504 e. The van der Waals surface area contributed by atoms with E-state index in [1.165, 1.54) is 13.2 Å². The van der Waals surface area contributed by atoms with Crippen LogP contribution in [0.3, 0.4) is 0 Å². The van der Waals surface area contributed by atoms with Crippen molar-refractivity contribution >= 4 is 11.6 Å². The van der Waals surface area contributed by atoms with Gasteiger partial charge >= 0.3 is 0 Å². The Morgan fingerprint density at radius 1 is 1.38 bits per heavy atom. The lowest BCUT2D eigenvalue weighted by Gasteiger charge is -2.27. The zero-order chi connectivity index (χ0) is 16.8. The Morgan fingerprint density at radius 3 is 3.00 bits per heavy atom. The number of ether oxygens (including phenoxy) is 1. The lowest BCUT2D eigenvalue weighted by atomic mass is 9.95. The number of anilines is 2. The molecule has 0 spiro atoms. The van der Waals surface area contributed by atoms with Gasteiger partial charge < -0.3 is 15.2 Å². The molecule has 2 aromatic heterocycles. The molecule has 3 N–H and O–H groups in total. The number of H-pyrrole nitrogens is 1. The maximum absolute atomic E-state index is 12.2. The van der Waals surface area contributed by atoms with E-state index in [0.717, 1.165) is 5.56 Å². The van der Waals surface area contributed by atoms with E-state index in [1.807, 2.05) is 0 Å². The van der Waals surface area contributed by atoms with E-state index in [-0.39, 0.29) is 11.3 Å². The van der Waals surface area contributed by atoms with Gasteiger partial charge in [0.2, 0.25) is 5.95 Å². The van der Waals surface area contributed by atoms with Crippen molar-refractivity contribution in [3.8, 4) is 11.5 Å². The highest BCUT2D eigenvalue weighted by Crippen LogP contribution is 2.39. The summed E-state index contributed by atoms with van der Waals surface area (Å²) < 4.78 is 6.74. The van der Waals surface area contributed by atoms with Crippen molar-refractivity contribution in [3.05, 3.63) is 45.4 Å². The van der Waals surface area contributed by atoms with E-state index >= 15 is 0 Å². The molecule has 10 heteroatoms. The fourth-order valence-electron chi connectivity index (χ4n) is 2.87. The molecule has 0 unspecified atom stereocenters. The number of hydrogen-bond acceptors (Lipinski definition) is 8. The molecule has 122 valence electrons. The molecule has 0 amide bonds. The maximum Gasteiger partial charge on any atom is 0.288 e. The fraction of sp³-hybridized carbons (Fsp3) is 0.214. The van der Waals surface area contributed by atoms with Crippen molar-refractivity contribution < 1.29 is 9.84 Å². The first-order chi connectivity index (χ1) is 11.6. The summed E-state index contributed by atoms with van der Waals surface area (Å²) >= 11 is 0. The smallest absolute Gasteiger partial charge is 0.288 e. The molecule has 4 rings (SSSR count). The van der Waals surface area contributed by atoms with E-state index in [0.29, 0.717) is 28.6 Å². The first kappa shape index (κ1) is 14.2. The van der Waals surface area contributed by atoms with Gasteiger partial charge in [0.1, 0.15) is 11.7 Å². The van der Waals surface area contributed by atoms with Gasteiger partial charge in [-0.3, -0.25) is 4.79 Å². The van der Waals surface area contributed by atoms with Gasteiger partial charge in [-0.05, 0) is 35.0 Å². The molecular formula is C14H13N7O3. The quantitative estimate of drug-likeness (QED) is 0.484. The number of aromatic amines is 1. The summed E-state index contributed by atoms with van der Waals surface area (Å²) in [6.45, 7) is 1.79. The summed E-state index contributed by atoms with van der Waals surface area (Å²) in [4.78, 5) is 12.2. The highest BCUT2D eigenvalue weighted by atomic mass is 16.5. The van der Waals surface area contributed by atoms with Crippen LogP contribution in [-0.4, -0.2) is 42.6 Å². The highest BCUT2D eigenvalue weighted by Gasteiger charge is 2.33. The van der Waals surface area contributed by atoms with Crippen molar-refractivity contribution in [2.75, 3.05) is 12.4 Å². The van der Waals surface area contributed by atoms with Crippen LogP contribution < -0.4 is 15.6 Å². The Balaban J connectivity index is 2.00. The van der Waals surface area contributed by atoms with E-state index in [1.54, 1.807) is 23.7 Å². The van der Waals surface area contributed by atoms with Crippen molar-refractivity contribution in [1.82, 2.24) is 30.4 Å². The summed E-state index contributed by atoms with van der Waals surface area (Å²) in [5.41, 5.74) is 2.03. The zero-order valence-corrected chi connectivity index (χ0v) is 12.8. The van der Waals surface area contributed by atoms with Crippen LogP contribution in [0.2, 0.25) is 0 Å². The number of fused-ring (bicyclic) bond motifs is 2. The van der Waals surface area contributed by atoms with Gasteiger partial charge in [0.15, 0.2) is 11.5 Å². The summed E-state index contributed by atoms with van der Waals surface area (Å²) in [5.74, 6) is 0.682. The van der Waals surface area contributed by atoms with Crippen molar-refractivity contribution in [2.45, 2.75) is 13.0 Å². The first-order valence-corrected chi connectivity index (χ1v) is 7.11. The second-order valence-corrected chi connectivity index (χ2v) is 5.33. The van der Waals surface area contributed by atoms with Crippen LogP contribution in [0.5, 0.6) is 11.5 Å². The molecular weight excluding hydrogens is 314 g/mol. The van der Waals surface area contributed by atoms with Gasteiger partial charge in [0.25, 0.3) is 5.56 Å². The number of methoxy groups -OCH3 is 1. The number of nitrogens with zero attached hydrogens (tertiary/aromatic N) is 5. The summed E-state index contributed by atoms with van der Waals surface area (Å²) in [7, 11) is 1.47. The molecule has 1 aromatic carbocycles. The van der Waals surface area contributed by atoms with Crippen LogP contribution in [0, 0.1) is 6.92 Å². The Bertz CT molecular complexity index is 994. The lowest BCUT2D eigenvalue weighted by Crippen LogP contribution is -2.29. The molecule has 0 saturated heterocycles. The standard InChI is InChI=1S/C14H13N7O3/c1-6-10-11(13(23)17-16-6)15-14-18-19-20-21(14)12(10)7-3-4-8(22)9(5-7)24-2/h3-5,12,22H,1-2H3,(H,17,23)(H,15,18,20)/t12-/m1/s1. The van der Waals surface area contributed by atoms with Crippen LogP contribution in [0.25, 0.3) is 0 Å². The molecule has 3 aromatic rings. The molecule has 0 fully saturated rings. The highest BCUT2D eigenvalue weighted by molar-refractivity contribution is 5.65. The van der Waals surface area contributed by atoms with Gasteiger partial charge in [0.05, 0.1) is 12.8 Å². The van der Waals surface area contributed by atoms with Crippen LogP contribution in [-0.2, 0) is 0 Å². The predicted molar refractivity (Wildman–Crippen MR) is 82.6 cm³/mol. The second-order valence-electron chi connectivity index (χ2n) is 5.33. The van der Waals surface area contributed by atoms with Crippen molar-refractivity contribution in [1.29, 1.82) is 0 Å². The average molecular weight is 327 g/mol. The van der Waals surface area contributed by atoms with Crippen LogP contribution >= 0.6 is 0 Å². The minimum Gasteiger partial charge on any atom is -0.504 e. The number of tetrazole rings is 1. The van der Waals surface area contributed by atoms with Gasteiger partial charge in [-0.2, -0.15) is 9.78 Å². The third-order valence-electron chi connectivity index (χ3n) is 3.98. The Kier molecular flexibility index (Phi) is 2.98. The third kappa shape index (κ3) is 1.93. The van der Waals surface area contributed by atoms with Gasteiger partial charge in [-0.1, -0.05) is 11.2 Å². The Hall–Kier alpha value is -3.43. The molecule has 1 aliphatic heterocycles. The first-order valence-electron chi connectivity index (χ1n) is 7.11. The number of benzene rings is 1. The minimum atomic E-state index is -0.476. The van der Waals surface area contributed by atoms with E-state index in [9.17, 15) is 9.90 Å². The topological polar surface area (TPSA) is 131 Å². The monoisotopic (exact) mass is 327 g/mol. The Morgan fingerprint density at radius 2 is 2.21 bits per heavy atom. The second kappa shape index (κ2) is 5.05. The number of aromatic hydroxyl groups is 1. The molecule has 0 radical (unpaired) electrons. The summed E-state index contributed by atoms with van der Waals surface area (Å²) in [5, 5.41) is 30.8. The molecule has 0 aliphatic carbocycles. The van der Waals surface area contributed by atoms with Gasteiger partial charge in [-0.15, -0.1) is 0 Å². The molecule has 0 bridgehead atoms. The summed E-state index contributed by atoms with van der Waals surface area (Å²) in [6.07, 6.45) is 0. The number of rotatable bonds is 2. The van der Waals surface area contributed by atoms with E-state index in [2.05, 4.69) is 31.0 Å². The fourth-order valence-corrected chi connectivity index (χ4v) is 2.87. The molecule has 0 saturated carbocycles. The minimum absolute atomic E-state index is 0.0214. The average Bonchev–Trinajstić information content (AvgIpc) is 3.05. The zero-order valence-electron chi connectivity index (χ0n) is 12.8. The molecule has 1 aliphatic rings. The Labute approximate surface area is 135 Å². The van der Waals surface area contributed by atoms with Crippen molar-refractivity contribution in [3.63, 3.8) is 0 Å². The molecule has 24 heavy (non-hydrogen) atoms. The third-order valence-corrected chi connectivity index (χ3v) is 3.98. The van der Waals surface area contributed by atoms with E-state index in [4.69, 9.17) is 4.74 Å². The van der Waals surface area contributed by atoms with Gasteiger partial charge in [0, 0.05) is 5.56 Å². The number of aromatic nitrogens is 6.